The molecule has 0 fully saturated rings. The first-order valence-electron chi connectivity index (χ1n) is 6.06. The largest absolute Gasteiger partial charge is 0.394 e. The summed E-state index contributed by atoms with van der Waals surface area (Å²) in [5.41, 5.74) is 1.08. The first kappa shape index (κ1) is 14.2. The highest BCUT2D eigenvalue weighted by atomic mass is 32.1. The van der Waals surface area contributed by atoms with Gasteiger partial charge in [-0.1, -0.05) is 20.8 Å². The molecule has 0 aromatic carbocycles. The van der Waals surface area contributed by atoms with E-state index >= 15 is 0 Å². The Hall–Kier alpha value is -0.870. The number of aliphatic hydroxyl groups excluding tert-OH is 1. The summed E-state index contributed by atoms with van der Waals surface area (Å²) < 4.78 is 0. The molecule has 2 N–H and O–H groups in total. The molecule has 0 spiro atoms. The number of nitrogens with one attached hydrogen (secondary N) is 1. The fraction of sp³-hybridized carbons (Fsp3) is 0.615. The Labute approximate surface area is 107 Å². The molecule has 17 heavy (non-hydrogen) atoms. The molecular weight excluding hydrogens is 234 g/mol. The third-order valence-electron chi connectivity index (χ3n) is 2.65. The van der Waals surface area contributed by atoms with Gasteiger partial charge in [-0.2, -0.15) is 0 Å². The zero-order valence-corrected chi connectivity index (χ0v) is 11.5. The van der Waals surface area contributed by atoms with Crippen LogP contribution >= 0.6 is 11.3 Å². The third kappa shape index (κ3) is 4.13. The van der Waals surface area contributed by atoms with Gasteiger partial charge in [0.15, 0.2) is 0 Å². The number of hydrogen-bond acceptors (Lipinski definition) is 3. The average Bonchev–Trinajstić information content (AvgIpc) is 2.75. The SMILES string of the molecule is CCc1ccsc1C(=O)NC(CO)CC(C)C. The van der Waals surface area contributed by atoms with E-state index < -0.39 is 0 Å². The molecule has 1 aromatic heterocycles. The quantitative estimate of drug-likeness (QED) is 0.820. The molecule has 3 nitrogen and oxygen atoms in total. The van der Waals surface area contributed by atoms with Crippen molar-refractivity contribution in [2.45, 2.75) is 39.7 Å². The maximum Gasteiger partial charge on any atom is 0.261 e. The van der Waals surface area contributed by atoms with Crippen LogP contribution in [0.3, 0.4) is 0 Å². The summed E-state index contributed by atoms with van der Waals surface area (Å²) in [7, 11) is 0. The van der Waals surface area contributed by atoms with Crippen LogP contribution in [0, 0.1) is 5.92 Å². The lowest BCUT2D eigenvalue weighted by atomic mass is 10.0. The van der Waals surface area contributed by atoms with Crippen molar-refractivity contribution in [3.63, 3.8) is 0 Å². The molecule has 0 saturated carbocycles. The zero-order chi connectivity index (χ0) is 12.8. The molecule has 1 amide bonds. The highest BCUT2D eigenvalue weighted by molar-refractivity contribution is 7.12. The highest BCUT2D eigenvalue weighted by Gasteiger charge is 2.17. The Bertz CT molecular complexity index is 360. The topological polar surface area (TPSA) is 49.3 Å². The van der Waals surface area contributed by atoms with Crippen molar-refractivity contribution >= 4 is 17.2 Å². The molecule has 96 valence electrons. The van der Waals surface area contributed by atoms with Crippen LogP contribution in [-0.2, 0) is 6.42 Å². The summed E-state index contributed by atoms with van der Waals surface area (Å²) in [6, 6.07) is 1.84. The van der Waals surface area contributed by atoms with Crippen molar-refractivity contribution in [1.29, 1.82) is 0 Å². The Morgan fingerprint density at radius 1 is 1.53 bits per heavy atom. The number of amides is 1. The number of aryl methyl sites for hydroxylation is 1. The smallest absolute Gasteiger partial charge is 0.261 e. The highest BCUT2D eigenvalue weighted by Crippen LogP contribution is 2.17. The Balaban J connectivity index is 2.64. The normalized spacial score (nSPS) is 12.8. The molecule has 0 aliphatic carbocycles. The van der Waals surface area contributed by atoms with E-state index in [1.54, 1.807) is 0 Å². The molecule has 0 radical (unpaired) electrons. The summed E-state index contributed by atoms with van der Waals surface area (Å²) >= 11 is 1.46. The van der Waals surface area contributed by atoms with Crippen LogP contribution in [0.1, 0.15) is 42.4 Å². The number of thiophene rings is 1. The molecule has 1 unspecified atom stereocenters. The van der Waals surface area contributed by atoms with Crippen molar-refractivity contribution in [2.75, 3.05) is 6.61 Å². The van der Waals surface area contributed by atoms with Gasteiger partial charge in [-0.25, -0.2) is 0 Å². The molecule has 1 rings (SSSR count). The van der Waals surface area contributed by atoms with Crippen molar-refractivity contribution in [2.24, 2.45) is 5.92 Å². The molecule has 1 aromatic rings. The lowest BCUT2D eigenvalue weighted by Gasteiger charge is -2.18. The van der Waals surface area contributed by atoms with Gasteiger partial charge >= 0.3 is 0 Å². The van der Waals surface area contributed by atoms with E-state index in [9.17, 15) is 9.90 Å². The first-order chi connectivity index (χ1) is 8.08. The minimum absolute atomic E-state index is 0.00322. The Morgan fingerprint density at radius 3 is 2.76 bits per heavy atom. The fourth-order valence-electron chi connectivity index (χ4n) is 1.81. The maximum atomic E-state index is 12.0. The second-order valence-electron chi connectivity index (χ2n) is 4.61. The minimum Gasteiger partial charge on any atom is -0.394 e. The Kier molecular flexibility index (Phi) is 5.65. The van der Waals surface area contributed by atoms with Crippen molar-refractivity contribution in [3.8, 4) is 0 Å². The second kappa shape index (κ2) is 6.77. The van der Waals surface area contributed by atoms with Gasteiger partial charge in [0.05, 0.1) is 17.5 Å². The summed E-state index contributed by atoms with van der Waals surface area (Å²) in [6.45, 7) is 6.20. The average molecular weight is 255 g/mol. The van der Waals surface area contributed by atoms with Gasteiger partial charge in [0.2, 0.25) is 0 Å². The van der Waals surface area contributed by atoms with Crippen molar-refractivity contribution in [3.05, 3.63) is 21.9 Å². The van der Waals surface area contributed by atoms with Gasteiger partial charge in [-0.3, -0.25) is 4.79 Å². The predicted octanol–water partition coefficient (Wildman–Crippen LogP) is 2.45. The maximum absolute atomic E-state index is 12.0. The van der Waals surface area contributed by atoms with Crippen LogP contribution in [0.4, 0.5) is 0 Å². The van der Waals surface area contributed by atoms with Crippen molar-refractivity contribution in [1.82, 2.24) is 5.32 Å². The van der Waals surface area contributed by atoms with Crippen LogP contribution in [0.15, 0.2) is 11.4 Å². The van der Waals surface area contributed by atoms with Gasteiger partial charge in [0.1, 0.15) is 0 Å². The van der Waals surface area contributed by atoms with Gasteiger partial charge in [-0.05, 0) is 35.8 Å². The summed E-state index contributed by atoms with van der Waals surface area (Å²) in [5.74, 6) is 0.401. The van der Waals surface area contributed by atoms with E-state index in [0.29, 0.717) is 5.92 Å². The molecule has 0 bridgehead atoms. The molecule has 0 aliphatic heterocycles. The van der Waals surface area contributed by atoms with Crippen molar-refractivity contribution < 1.29 is 9.90 Å². The van der Waals surface area contributed by atoms with Crippen LogP contribution in [0.25, 0.3) is 0 Å². The van der Waals surface area contributed by atoms with E-state index in [4.69, 9.17) is 0 Å². The van der Waals surface area contributed by atoms with E-state index in [-0.39, 0.29) is 18.6 Å². The van der Waals surface area contributed by atoms with E-state index in [0.717, 1.165) is 23.3 Å². The van der Waals surface area contributed by atoms with E-state index in [2.05, 4.69) is 19.2 Å². The van der Waals surface area contributed by atoms with E-state index in [1.807, 2.05) is 18.4 Å². The zero-order valence-electron chi connectivity index (χ0n) is 10.7. The Morgan fingerprint density at radius 2 is 2.24 bits per heavy atom. The van der Waals surface area contributed by atoms with Crippen LogP contribution in [-0.4, -0.2) is 23.7 Å². The molecule has 0 saturated heterocycles. The number of carbonyl (C=O) groups is 1. The molecule has 4 heteroatoms. The summed E-state index contributed by atoms with van der Waals surface area (Å²) in [5, 5.41) is 14.1. The number of rotatable bonds is 6. The predicted molar refractivity (Wildman–Crippen MR) is 71.5 cm³/mol. The van der Waals surface area contributed by atoms with Gasteiger partial charge in [-0.15, -0.1) is 11.3 Å². The van der Waals surface area contributed by atoms with Gasteiger partial charge < -0.3 is 10.4 Å². The summed E-state index contributed by atoms with van der Waals surface area (Å²) in [6.07, 6.45) is 1.66. The van der Waals surface area contributed by atoms with Crippen LogP contribution < -0.4 is 5.32 Å². The molecular formula is C13H21NO2S. The molecule has 0 aliphatic rings. The molecule has 1 atom stereocenters. The molecule has 1 heterocycles. The van der Waals surface area contributed by atoms with Gasteiger partial charge in [0, 0.05) is 0 Å². The number of carbonyl (C=O) groups excluding carboxylic acids is 1. The fourth-order valence-corrected chi connectivity index (χ4v) is 2.71. The van der Waals surface area contributed by atoms with E-state index in [1.165, 1.54) is 11.3 Å². The minimum atomic E-state index is -0.144. The second-order valence-corrected chi connectivity index (χ2v) is 5.53. The monoisotopic (exact) mass is 255 g/mol. The first-order valence-corrected chi connectivity index (χ1v) is 6.94. The van der Waals surface area contributed by atoms with Crippen LogP contribution in [0.2, 0.25) is 0 Å². The van der Waals surface area contributed by atoms with Crippen LogP contribution in [0.5, 0.6) is 0 Å². The summed E-state index contributed by atoms with van der Waals surface area (Å²) in [4.78, 5) is 12.8. The number of aliphatic hydroxyl groups is 1. The van der Waals surface area contributed by atoms with Gasteiger partial charge in [0.25, 0.3) is 5.91 Å². The standard InChI is InChI=1S/C13H21NO2S/c1-4-10-5-6-17-12(10)13(16)14-11(8-15)7-9(2)3/h5-6,9,11,15H,4,7-8H2,1-3H3,(H,14,16). The lowest BCUT2D eigenvalue weighted by molar-refractivity contribution is 0.0911. The third-order valence-corrected chi connectivity index (χ3v) is 3.60. The number of hydrogen-bond donors (Lipinski definition) is 2. The lowest BCUT2D eigenvalue weighted by Crippen LogP contribution is -2.38.